The van der Waals surface area contributed by atoms with Gasteiger partial charge in [0, 0.05) is 24.1 Å². The number of fused-ring (bicyclic) bond motifs is 6. The molecular formula is C29H32F3N3O6. The third kappa shape index (κ3) is 4.80. The monoisotopic (exact) mass is 575 g/mol. The lowest BCUT2D eigenvalue weighted by atomic mass is 9.80. The van der Waals surface area contributed by atoms with E-state index in [0.29, 0.717) is 43.1 Å². The Hall–Kier alpha value is -3.38. The molecule has 4 aliphatic rings. The van der Waals surface area contributed by atoms with Gasteiger partial charge in [-0.15, -0.1) is 0 Å². The Balaban J connectivity index is 1.26. The van der Waals surface area contributed by atoms with Gasteiger partial charge in [-0.05, 0) is 63.8 Å². The van der Waals surface area contributed by atoms with Gasteiger partial charge in [0.1, 0.15) is 34.9 Å². The van der Waals surface area contributed by atoms with Gasteiger partial charge in [-0.2, -0.15) is 13.2 Å². The zero-order valence-corrected chi connectivity index (χ0v) is 23.3. The molecule has 41 heavy (non-hydrogen) atoms. The summed E-state index contributed by atoms with van der Waals surface area (Å²) in [5.41, 5.74) is 1.26. The number of piperidine rings is 1. The number of nitrogens with one attached hydrogen (secondary N) is 1. The summed E-state index contributed by atoms with van der Waals surface area (Å²) in [7, 11) is 0. The predicted octanol–water partition coefficient (Wildman–Crippen LogP) is 5.22. The molecule has 3 atom stereocenters. The van der Waals surface area contributed by atoms with Crippen LogP contribution in [-0.2, 0) is 57.0 Å². The number of pyridine rings is 1. The lowest BCUT2D eigenvalue weighted by Gasteiger charge is -2.46. The van der Waals surface area contributed by atoms with Crippen LogP contribution < -0.4 is 10.1 Å². The van der Waals surface area contributed by atoms with Gasteiger partial charge in [0.15, 0.2) is 0 Å². The fourth-order valence-corrected chi connectivity index (χ4v) is 6.30. The highest BCUT2D eigenvalue weighted by Crippen LogP contribution is 2.51. The molecule has 2 aromatic rings. The molecule has 1 saturated heterocycles. The summed E-state index contributed by atoms with van der Waals surface area (Å²) in [4.78, 5) is 32.8. The fraction of sp³-hybridized carbons (Fsp3) is 0.552. The molecule has 0 spiro atoms. The highest BCUT2D eigenvalue weighted by Gasteiger charge is 2.54. The highest BCUT2D eigenvalue weighted by atomic mass is 19.4. The van der Waals surface area contributed by atoms with Crippen LogP contribution in [0.4, 0.5) is 23.8 Å². The molecule has 12 heteroatoms. The van der Waals surface area contributed by atoms with Crippen LogP contribution in [0.3, 0.4) is 0 Å². The van der Waals surface area contributed by atoms with Crippen molar-refractivity contribution in [3.8, 4) is 5.75 Å². The van der Waals surface area contributed by atoms with E-state index in [1.54, 1.807) is 25.7 Å². The minimum Gasteiger partial charge on any atom is -0.487 e. The van der Waals surface area contributed by atoms with Gasteiger partial charge in [0.25, 0.3) is 5.91 Å². The Morgan fingerprint density at radius 2 is 1.88 bits per heavy atom. The van der Waals surface area contributed by atoms with Gasteiger partial charge in [-0.1, -0.05) is 6.07 Å². The first-order valence-corrected chi connectivity index (χ1v) is 13.7. The Morgan fingerprint density at radius 1 is 1.12 bits per heavy atom. The van der Waals surface area contributed by atoms with Crippen molar-refractivity contribution < 1.29 is 41.7 Å². The zero-order valence-electron chi connectivity index (χ0n) is 23.3. The summed E-state index contributed by atoms with van der Waals surface area (Å²) in [6.07, 6.45) is -4.86. The number of likely N-dealkylation sites (tertiary alicyclic amines) is 1. The Labute approximate surface area is 235 Å². The Morgan fingerprint density at radius 3 is 2.61 bits per heavy atom. The first-order chi connectivity index (χ1) is 19.3. The van der Waals surface area contributed by atoms with Crippen LogP contribution in [0.15, 0.2) is 18.2 Å². The second kappa shape index (κ2) is 9.59. The smallest absolute Gasteiger partial charge is 0.416 e. The lowest BCUT2D eigenvalue weighted by Crippen LogP contribution is -2.59. The largest absolute Gasteiger partial charge is 0.487 e. The molecule has 6 rings (SSSR count). The third-order valence-corrected chi connectivity index (χ3v) is 8.23. The summed E-state index contributed by atoms with van der Waals surface area (Å²) in [6.45, 7) is 8.23. The number of ether oxygens (including phenoxy) is 4. The van der Waals surface area contributed by atoms with Crippen LogP contribution in [0, 0.1) is 0 Å². The lowest BCUT2D eigenvalue weighted by molar-refractivity contribution is -0.158. The van der Waals surface area contributed by atoms with E-state index >= 15 is 0 Å². The van der Waals surface area contributed by atoms with Crippen LogP contribution >= 0.6 is 0 Å². The summed E-state index contributed by atoms with van der Waals surface area (Å²) in [6, 6.07) is 3.49. The van der Waals surface area contributed by atoms with Gasteiger partial charge < -0.3 is 23.8 Å². The molecule has 9 nitrogen and oxygen atoms in total. The van der Waals surface area contributed by atoms with E-state index in [9.17, 15) is 22.8 Å². The van der Waals surface area contributed by atoms with E-state index in [-0.39, 0.29) is 31.3 Å². The topological polar surface area (TPSA) is 99.2 Å². The zero-order chi connectivity index (χ0) is 29.3. The molecule has 5 heterocycles. The molecular weight excluding hydrogens is 543 g/mol. The van der Waals surface area contributed by atoms with Gasteiger partial charge >= 0.3 is 12.3 Å². The van der Waals surface area contributed by atoms with Crippen molar-refractivity contribution in [2.75, 3.05) is 11.9 Å². The van der Waals surface area contributed by atoms with E-state index in [2.05, 4.69) is 10.3 Å². The fourth-order valence-electron chi connectivity index (χ4n) is 6.30. The maximum absolute atomic E-state index is 14.0. The number of rotatable bonds is 2. The maximum atomic E-state index is 14.0. The maximum Gasteiger partial charge on any atom is 0.416 e. The predicted molar refractivity (Wildman–Crippen MR) is 139 cm³/mol. The molecule has 0 saturated carbocycles. The van der Waals surface area contributed by atoms with Crippen LogP contribution in [0.1, 0.15) is 74.0 Å². The summed E-state index contributed by atoms with van der Waals surface area (Å²) < 4.78 is 63.2. The van der Waals surface area contributed by atoms with Gasteiger partial charge in [0.05, 0.1) is 31.1 Å². The second-order valence-electron chi connectivity index (χ2n) is 12.1. The van der Waals surface area contributed by atoms with Crippen molar-refractivity contribution in [3.63, 3.8) is 0 Å². The van der Waals surface area contributed by atoms with E-state index in [0.717, 1.165) is 28.8 Å². The number of amides is 2. The SMILES string of the molecule is CC(C)(C)OC(=O)Nc1nc2c(c3c1COC3)C[C@H](C(=O)N1CCC[C@@H]3Oc4cc(C(F)(F)F)ccc4C31C)OC2. The number of alkyl halides is 3. The van der Waals surface area contributed by atoms with Gasteiger partial charge in [-0.3, -0.25) is 10.1 Å². The van der Waals surface area contributed by atoms with E-state index in [4.69, 9.17) is 18.9 Å². The van der Waals surface area contributed by atoms with Crippen molar-refractivity contribution in [1.82, 2.24) is 9.88 Å². The normalized spacial score (nSPS) is 25.0. The molecule has 1 aromatic carbocycles. The van der Waals surface area contributed by atoms with Crippen LogP contribution in [-0.4, -0.2) is 46.2 Å². The van der Waals surface area contributed by atoms with Crippen LogP contribution in [0.5, 0.6) is 5.75 Å². The molecule has 0 aliphatic carbocycles. The number of hydrogen-bond donors (Lipinski definition) is 1. The average molecular weight is 576 g/mol. The van der Waals surface area contributed by atoms with Crippen molar-refractivity contribution in [2.45, 2.75) is 96.3 Å². The Bertz CT molecular complexity index is 1420. The summed E-state index contributed by atoms with van der Waals surface area (Å²) in [5, 5.41) is 2.72. The molecule has 1 aromatic heterocycles. The number of anilines is 1. The quantitative estimate of drug-likeness (QED) is 0.525. The summed E-state index contributed by atoms with van der Waals surface area (Å²) in [5.74, 6) is 0.261. The highest BCUT2D eigenvalue weighted by molar-refractivity contribution is 5.86. The van der Waals surface area contributed by atoms with Crippen molar-refractivity contribution in [3.05, 3.63) is 51.7 Å². The van der Waals surface area contributed by atoms with E-state index in [1.165, 1.54) is 6.07 Å². The standard InChI is InChI=1S/C29H32F3N3O6/c1-27(2,3)41-26(37)34-24-18-13-38-12-17(18)16-11-22(39-14-20(16)33-24)25(36)35-9-5-6-23-28(35,4)19-8-7-15(29(30,31)32)10-21(19)40-23/h7-8,10,22-23H,5-6,9,11-14H2,1-4H3,(H,33,34,37)/t22-,23+,28?/m1/s1. The van der Waals surface area contributed by atoms with E-state index in [1.807, 2.05) is 6.92 Å². The second-order valence-corrected chi connectivity index (χ2v) is 12.1. The van der Waals surface area contributed by atoms with Crippen LogP contribution in [0.2, 0.25) is 0 Å². The third-order valence-electron chi connectivity index (χ3n) is 8.23. The number of halogens is 3. The first-order valence-electron chi connectivity index (χ1n) is 13.7. The molecule has 1 N–H and O–H groups in total. The van der Waals surface area contributed by atoms with Crippen molar-refractivity contribution >= 4 is 17.8 Å². The molecule has 1 fully saturated rings. The minimum absolute atomic E-state index is 0.0536. The Kier molecular flexibility index (Phi) is 6.49. The van der Waals surface area contributed by atoms with Crippen molar-refractivity contribution in [1.29, 1.82) is 0 Å². The van der Waals surface area contributed by atoms with Gasteiger partial charge in [0.2, 0.25) is 0 Å². The molecule has 2 amide bonds. The number of hydrogen-bond acceptors (Lipinski definition) is 7. The minimum atomic E-state index is -4.49. The van der Waals surface area contributed by atoms with Crippen LogP contribution in [0.25, 0.3) is 0 Å². The number of benzene rings is 1. The summed E-state index contributed by atoms with van der Waals surface area (Å²) >= 11 is 0. The number of nitrogens with zero attached hydrogens (tertiary/aromatic N) is 2. The van der Waals surface area contributed by atoms with Gasteiger partial charge in [-0.25, -0.2) is 9.78 Å². The molecule has 220 valence electrons. The average Bonchev–Trinajstić information content (AvgIpc) is 3.49. The number of aromatic nitrogens is 1. The number of carbonyl (C=O) groups excluding carboxylic acids is 2. The molecule has 0 radical (unpaired) electrons. The molecule has 4 aliphatic heterocycles. The number of carbonyl (C=O) groups is 2. The molecule has 1 unspecified atom stereocenters. The van der Waals surface area contributed by atoms with Crippen molar-refractivity contribution in [2.24, 2.45) is 0 Å². The molecule has 0 bridgehead atoms. The van der Waals surface area contributed by atoms with E-state index < -0.39 is 41.2 Å². The first kappa shape index (κ1) is 27.8.